The van der Waals surface area contributed by atoms with E-state index in [2.05, 4.69) is 17.2 Å². The summed E-state index contributed by atoms with van der Waals surface area (Å²) < 4.78 is 5.50. The number of nitrogens with zero attached hydrogens (tertiary/aromatic N) is 1. The molecule has 140 valence electrons. The van der Waals surface area contributed by atoms with Gasteiger partial charge in [-0.1, -0.05) is 18.2 Å². The van der Waals surface area contributed by atoms with Crippen molar-refractivity contribution in [1.29, 1.82) is 0 Å². The van der Waals surface area contributed by atoms with Crippen molar-refractivity contribution in [3.8, 4) is 5.75 Å². The highest BCUT2D eigenvalue weighted by molar-refractivity contribution is 6.04. The second kappa shape index (κ2) is 9.14. The third kappa shape index (κ3) is 5.40. The van der Waals surface area contributed by atoms with Gasteiger partial charge in [-0.05, 0) is 31.2 Å². The number of non-ortho nitro benzene ring substituents is 1. The number of nitrogens with one attached hydrogen (secondary N) is 2. The number of hydrogen-bond donors (Lipinski definition) is 2. The molecule has 2 rings (SSSR count). The lowest BCUT2D eigenvalue weighted by atomic mass is 10.1. The van der Waals surface area contributed by atoms with Gasteiger partial charge in [0.15, 0.2) is 6.10 Å². The molecule has 0 aliphatic heterocycles. The number of benzene rings is 2. The van der Waals surface area contributed by atoms with E-state index >= 15 is 0 Å². The van der Waals surface area contributed by atoms with E-state index in [4.69, 9.17) is 4.74 Å². The molecular weight excluding hydrogens is 350 g/mol. The minimum atomic E-state index is -0.879. The van der Waals surface area contributed by atoms with Crippen LogP contribution in [0.5, 0.6) is 5.75 Å². The number of amides is 2. The van der Waals surface area contributed by atoms with E-state index in [-0.39, 0.29) is 11.6 Å². The zero-order valence-electron chi connectivity index (χ0n) is 14.7. The van der Waals surface area contributed by atoms with Gasteiger partial charge < -0.3 is 15.4 Å². The normalized spacial score (nSPS) is 11.1. The Morgan fingerprint density at radius 3 is 2.52 bits per heavy atom. The molecule has 0 saturated carbocycles. The predicted octanol–water partition coefficient (Wildman–Crippen LogP) is 2.92. The Hall–Kier alpha value is -3.68. The molecule has 1 atom stereocenters. The third-order valence-electron chi connectivity index (χ3n) is 3.57. The van der Waals surface area contributed by atoms with Gasteiger partial charge >= 0.3 is 0 Å². The van der Waals surface area contributed by atoms with Crippen LogP contribution in [0, 0.1) is 10.1 Å². The standard InChI is InChI=1S/C19H19N3O5/c1-3-12-20-19(24)16-6-4-5-7-17(16)21-18(23)13(2)27-15-10-8-14(9-11-15)22(25)26/h3-11,13H,1,12H2,2H3,(H,20,24)(H,21,23). The minimum Gasteiger partial charge on any atom is -0.481 e. The Morgan fingerprint density at radius 1 is 1.22 bits per heavy atom. The molecule has 8 heteroatoms. The predicted molar refractivity (Wildman–Crippen MR) is 101 cm³/mol. The van der Waals surface area contributed by atoms with E-state index in [1.807, 2.05) is 0 Å². The molecule has 0 spiro atoms. The number of hydrogen-bond acceptors (Lipinski definition) is 5. The molecule has 0 aromatic heterocycles. The molecule has 27 heavy (non-hydrogen) atoms. The van der Waals surface area contributed by atoms with E-state index < -0.39 is 16.9 Å². The highest BCUT2D eigenvalue weighted by Gasteiger charge is 2.18. The first-order valence-electron chi connectivity index (χ1n) is 8.12. The number of carbonyl (C=O) groups excluding carboxylic acids is 2. The van der Waals surface area contributed by atoms with E-state index in [9.17, 15) is 19.7 Å². The van der Waals surface area contributed by atoms with Crippen molar-refractivity contribution >= 4 is 23.2 Å². The molecular formula is C19H19N3O5. The summed E-state index contributed by atoms with van der Waals surface area (Å²) in [6.07, 6.45) is 0.676. The Labute approximate surface area is 156 Å². The molecule has 0 heterocycles. The quantitative estimate of drug-likeness (QED) is 0.422. The van der Waals surface area contributed by atoms with Crippen molar-refractivity contribution in [2.45, 2.75) is 13.0 Å². The molecule has 0 radical (unpaired) electrons. The van der Waals surface area contributed by atoms with E-state index in [0.29, 0.717) is 23.5 Å². The average Bonchev–Trinajstić information content (AvgIpc) is 2.66. The van der Waals surface area contributed by atoms with Gasteiger partial charge in [-0.2, -0.15) is 0 Å². The van der Waals surface area contributed by atoms with Crippen LogP contribution >= 0.6 is 0 Å². The maximum atomic E-state index is 12.4. The minimum absolute atomic E-state index is 0.0704. The van der Waals surface area contributed by atoms with Gasteiger partial charge in [0.1, 0.15) is 5.75 Å². The van der Waals surface area contributed by atoms with Gasteiger partial charge in [-0.15, -0.1) is 6.58 Å². The fourth-order valence-electron chi connectivity index (χ4n) is 2.19. The van der Waals surface area contributed by atoms with Gasteiger partial charge in [0.2, 0.25) is 0 Å². The molecule has 0 bridgehead atoms. The van der Waals surface area contributed by atoms with Crippen molar-refractivity contribution in [2.75, 3.05) is 11.9 Å². The Balaban J connectivity index is 2.05. The SMILES string of the molecule is C=CCNC(=O)c1ccccc1NC(=O)C(C)Oc1ccc([N+](=O)[O-])cc1. The summed E-state index contributed by atoms with van der Waals surface area (Å²) in [5.74, 6) is -0.479. The van der Waals surface area contributed by atoms with Crippen LogP contribution in [0.2, 0.25) is 0 Å². The number of anilines is 1. The van der Waals surface area contributed by atoms with Crippen molar-refractivity contribution in [3.63, 3.8) is 0 Å². The van der Waals surface area contributed by atoms with Crippen molar-refractivity contribution in [1.82, 2.24) is 5.32 Å². The van der Waals surface area contributed by atoms with Crippen LogP contribution in [0.15, 0.2) is 61.2 Å². The summed E-state index contributed by atoms with van der Waals surface area (Å²) >= 11 is 0. The molecule has 2 aromatic rings. The smallest absolute Gasteiger partial charge is 0.269 e. The van der Waals surface area contributed by atoms with Gasteiger partial charge in [0, 0.05) is 18.7 Å². The lowest BCUT2D eigenvalue weighted by Gasteiger charge is -2.16. The first-order chi connectivity index (χ1) is 12.9. The highest BCUT2D eigenvalue weighted by Crippen LogP contribution is 2.20. The number of rotatable bonds is 8. The van der Waals surface area contributed by atoms with Crippen molar-refractivity contribution in [3.05, 3.63) is 76.9 Å². The van der Waals surface area contributed by atoms with E-state index in [1.54, 1.807) is 30.3 Å². The average molecular weight is 369 g/mol. The monoisotopic (exact) mass is 369 g/mol. The maximum Gasteiger partial charge on any atom is 0.269 e. The van der Waals surface area contributed by atoms with E-state index in [1.165, 1.54) is 31.2 Å². The first-order valence-corrected chi connectivity index (χ1v) is 8.12. The first kappa shape index (κ1) is 19.6. The van der Waals surface area contributed by atoms with Crippen LogP contribution in [-0.4, -0.2) is 29.4 Å². The molecule has 2 aromatic carbocycles. The summed E-state index contributed by atoms with van der Waals surface area (Å²) in [5, 5.41) is 16.0. The number of carbonyl (C=O) groups is 2. The van der Waals surface area contributed by atoms with Gasteiger partial charge in [-0.3, -0.25) is 19.7 Å². The summed E-state index contributed by atoms with van der Waals surface area (Å²) in [5.41, 5.74) is 0.595. The molecule has 0 aliphatic rings. The highest BCUT2D eigenvalue weighted by atomic mass is 16.6. The zero-order chi connectivity index (χ0) is 19.8. The van der Waals surface area contributed by atoms with Gasteiger partial charge in [0.05, 0.1) is 16.2 Å². The van der Waals surface area contributed by atoms with Crippen LogP contribution in [0.3, 0.4) is 0 Å². The maximum absolute atomic E-state index is 12.4. The van der Waals surface area contributed by atoms with Crippen molar-refractivity contribution < 1.29 is 19.2 Å². The van der Waals surface area contributed by atoms with Crippen LogP contribution in [0.1, 0.15) is 17.3 Å². The molecule has 2 amide bonds. The second-order valence-corrected chi connectivity index (χ2v) is 5.54. The number of nitro groups is 1. The molecule has 0 fully saturated rings. The van der Waals surface area contributed by atoms with Crippen molar-refractivity contribution in [2.24, 2.45) is 0 Å². The molecule has 0 aliphatic carbocycles. The zero-order valence-corrected chi connectivity index (χ0v) is 14.7. The Bertz CT molecular complexity index is 849. The summed E-state index contributed by atoms with van der Waals surface area (Å²) in [6.45, 7) is 5.38. The molecule has 1 unspecified atom stereocenters. The summed E-state index contributed by atoms with van der Waals surface area (Å²) in [7, 11) is 0. The largest absolute Gasteiger partial charge is 0.481 e. The molecule has 0 saturated heterocycles. The number of para-hydroxylation sites is 1. The Morgan fingerprint density at radius 2 is 1.89 bits per heavy atom. The van der Waals surface area contributed by atoms with E-state index in [0.717, 1.165) is 0 Å². The lowest BCUT2D eigenvalue weighted by molar-refractivity contribution is -0.384. The fraction of sp³-hybridized carbons (Fsp3) is 0.158. The lowest BCUT2D eigenvalue weighted by Crippen LogP contribution is -2.31. The van der Waals surface area contributed by atoms with Crippen LogP contribution < -0.4 is 15.4 Å². The Kier molecular flexibility index (Phi) is 6.65. The topological polar surface area (TPSA) is 111 Å². The summed E-state index contributed by atoms with van der Waals surface area (Å²) in [4.78, 5) is 34.7. The fourth-order valence-corrected chi connectivity index (χ4v) is 2.19. The van der Waals surface area contributed by atoms with Crippen LogP contribution in [0.4, 0.5) is 11.4 Å². The summed E-state index contributed by atoms with van der Waals surface area (Å²) in [6, 6.07) is 12.0. The van der Waals surface area contributed by atoms with Gasteiger partial charge in [0.25, 0.3) is 17.5 Å². The number of ether oxygens (including phenoxy) is 1. The van der Waals surface area contributed by atoms with Crippen LogP contribution in [-0.2, 0) is 4.79 Å². The van der Waals surface area contributed by atoms with Crippen LogP contribution in [0.25, 0.3) is 0 Å². The molecule has 2 N–H and O–H groups in total. The molecule has 8 nitrogen and oxygen atoms in total. The van der Waals surface area contributed by atoms with Gasteiger partial charge in [-0.25, -0.2) is 0 Å². The number of nitro benzene ring substituents is 1. The second-order valence-electron chi connectivity index (χ2n) is 5.54. The third-order valence-corrected chi connectivity index (χ3v) is 3.57.